The molecule has 0 aliphatic rings. The lowest BCUT2D eigenvalue weighted by molar-refractivity contribution is -0.141. The normalized spacial score (nSPS) is 12.2. The molecule has 108 valence electrons. The van der Waals surface area contributed by atoms with Crippen LogP contribution in [0.15, 0.2) is 59.2 Å². The Morgan fingerprint density at radius 2 is 1.95 bits per heavy atom. The predicted molar refractivity (Wildman–Crippen MR) is 77.5 cm³/mol. The molecular formula is C16H15NO4. The molecule has 2 rings (SSSR count). The lowest BCUT2D eigenvalue weighted by Crippen LogP contribution is -2.41. The number of nitrogens with one attached hydrogen (secondary N) is 1. The third-order valence-electron chi connectivity index (χ3n) is 2.84. The summed E-state index contributed by atoms with van der Waals surface area (Å²) in [5.74, 6) is -1.02. The highest BCUT2D eigenvalue weighted by atomic mass is 16.4. The molecule has 5 heteroatoms. The number of benzene rings is 1. The van der Waals surface area contributed by atoms with E-state index in [1.807, 2.05) is 30.3 Å². The van der Waals surface area contributed by atoms with Crippen molar-refractivity contribution >= 4 is 18.0 Å². The number of hydrogen-bond acceptors (Lipinski definition) is 3. The Morgan fingerprint density at radius 1 is 1.19 bits per heavy atom. The molecule has 1 heterocycles. The van der Waals surface area contributed by atoms with E-state index in [4.69, 9.17) is 4.42 Å². The quantitative estimate of drug-likeness (QED) is 0.797. The van der Waals surface area contributed by atoms with Gasteiger partial charge in [0.15, 0.2) is 0 Å². The van der Waals surface area contributed by atoms with Crippen LogP contribution < -0.4 is 5.32 Å². The fraction of sp³-hybridized carbons (Fsp3) is 0.125. The zero-order chi connectivity index (χ0) is 15.1. The average Bonchev–Trinajstić information content (AvgIpc) is 2.99. The van der Waals surface area contributed by atoms with Gasteiger partial charge in [-0.05, 0) is 23.8 Å². The molecule has 0 aliphatic heterocycles. The zero-order valence-electron chi connectivity index (χ0n) is 11.2. The topological polar surface area (TPSA) is 79.5 Å². The molecule has 1 aromatic heterocycles. The third kappa shape index (κ3) is 4.65. The second-order valence-electron chi connectivity index (χ2n) is 4.44. The Hall–Kier alpha value is -2.82. The Labute approximate surface area is 121 Å². The van der Waals surface area contributed by atoms with E-state index in [9.17, 15) is 14.7 Å². The number of rotatable bonds is 6. The molecule has 0 aliphatic carbocycles. The van der Waals surface area contributed by atoms with Crippen molar-refractivity contribution in [1.82, 2.24) is 5.32 Å². The monoisotopic (exact) mass is 285 g/mol. The smallest absolute Gasteiger partial charge is 0.326 e. The number of carbonyl (C=O) groups is 2. The number of carboxylic acid groups (broad SMARTS) is 1. The fourth-order valence-corrected chi connectivity index (χ4v) is 1.81. The van der Waals surface area contributed by atoms with Crippen LogP contribution in [0.2, 0.25) is 0 Å². The van der Waals surface area contributed by atoms with Gasteiger partial charge in [-0.15, -0.1) is 0 Å². The van der Waals surface area contributed by atoms with E-state index in [0.29, 0.717) is 5.76 Å². The van der Waals surface area contributed by atoms with Crippen molar-refractivity contribution in [2.24, 2.45) is 0 Å². The van der Waals surface area contributed by atoms with Crippen LogP contribution in [0.3, 0.4) is 0 Å². The fourth-order valence-electron chi connectivity index (χ4n) is 1.81. The highest BCUT2D eigenvalue weighted by Crippen LogP contribution is 2.05. The molecule has 1 amide bonds. The van der Waals surface area contributed by atoms with E-state index >= 15 is 0 Å². The number of aliphatic carboxylic acids is 1. The largest absolute Gasteiger partial charge is 0.480 e. The van der Waals surface area contributed by atoms with Crippen molar-refractivity contribution in [2.75, 3.05) is 0 Å². The Morgan fingerprint density at radius 3 is 2.57 bits per heavy atom. The molecule has 1 aromatic carbocycles. The summed E-state index contributed by atoms with van der Waals surface area (Å²) in [6.07, 6.45) is 4.46. The van der Waals surface area contributed by atoms with Crippen LogP contribution in [-0.4, -0.2) is 23.0 Å². The number of carbonyl (C=O) groups excluding carboxylic acids is 1. The minimum absolute atomic E-state index is 0.233. The molecule has 0 saturated heterocycles. The van der Waals surface area contributed by atoms with Crippen molar-refractivity contribution in [3.05, 3.63) is 66.1 Å². The second kappa shape index (κ2) is 7.09. The molecule has 0 bridgehead atoms. The molecule has 0 radical (unpaired) electrons. The number of furan rings is 1. The lowest BCUT2D eigenvalue weighted by atomic mass is 10.1. The van der Waals surface area contributed by atoms with Crippen LogP contribution >= 0.6 is 0 Å². The Balaban J connectivity index is 1.96. The van der Waals surface area contributed by atoms with Gasteiger partial charge >= 0.3 is 5.97 Å². The highest BCUT2D eigenvalue weighted by Gasteiger charge is 2.19. The lowest BCUT2D eigenvalue weighted by Gasteiger charge is -2.13. The van der Waals surface area contributed by atoms with Gasteiger partial charge in [0.25, 0.3) is 0 Å². The van der Waals surface area contributed by atoms with E-state index in [-0.39, 0.29) is 6.42 Å². The summed E-state index contributed by atoms with van der Waals surface area (Å²) in [6, 6.07) is 11.6. The maximum Gasteiger partial charge on any atom is 0.326 e. The van der Waals surface area contributed by atoms with Gasteiger partial charge in [-0.1, -0.05) is 30.3 Å². The first-order valence-corrected chi connectivity index (χ1v) is 6.44. The van der Waals surface area contributed by atoms with Crippen LogP contribution in [-0.2, 0) is 16.0 Å². The molecule has 0 saturated carbocycles. The summed E-state index contributed by atoms with van der Waals surface area (Å²) in [7, 11) is 0. The van der Waals surface area contributed by atoms with Gasteiger partial charge in [-0.25, -0.2) is 4.79 Å². The van der Waals surface area contributed by atoms with Crippen LogP contribution in [0.1, 0.15) is 11.3 Å². The van der Waals surface area contributed by atoms with Gasteiger partial charge in [0, 0.05) is 12.5 Å². The third-order valence-corrected chi connectivity index (χ3v) is 2.84. The first kappa shape index (κ1) is 14.6. The van der Waals surface area contributed by atoms with E-state index in [2.05, 4.69) is 5.32 Å². The van der Waals surface area contributed by atoms with Gasteiger partial charge in [0.05, 0.1) is 6.26 Å². The Kier molecular flexibility index (Phi) is 4.93. The number of amides is 1. The van der Waals surface area contributed by atoms with Gasteiger partial charge in [-0.3, -0.25) is 4.79 Å². The minimum atomic E-state index is -1.07. The SMILES string of the molecule is O=C(C=Cc1ccco1)N[C@@H](Cc1ccccc1)C(=O)O. The average molecular weight is 285 g/mol. The zero-order valence-corrected chi connectivity index (χ0v) is 11.2. The first-order chi connectivity index (χ1) is 10.1. The summed E-state index contributed by atoms with van der Waals surface area (Å²) >= 11 is 0. The van der Waals surface area contributed by atoms with Crippen molar-refractivity contribution in [3.8, 4) is 0 Å². The van der Waals surface area contributed by atoms with E-state index in [1.165, 1.54) is 18.4 Å². The maximum absolute atomic E-state index is 11.7. The second-order valence-corrected chi connectivity index (χ2v) is 4.44. The summed E-state index contributed by atoms with van der Waals surface area (Å²) in [5, 5.41) is 11.6. The summed E-state index contributed by atoms with van der Waals surface area (Å²) < 4.78 is 5.05. The van der Waals surface area contributed by atoms with Crippen LogP contribution in [0.5, 0.6) is 0 Å². The molecule has 0 spiro atoms. The molecule has 0 fully saturated rings. The van der Waals surface area contributed by atoms with E-state index in [1.54, 1.807) is 12.1 Å². The van der Waals surface area contributed by atoms with Crippen molar-refractivity contribution < 1.29 is 19.1 Å². The van der Waals surface area contributed by atoms with Crippen LogP contribution in [0.25, 0.3) is 6.08 Å². The molecular weight excluding hydrogens is 270 g/mol. The van der Waals surface area contributed by atoms with Gasteiger partial charge < -0.3 is 14.8 Å². The van der Waals surface area contributed by atoms with Crippen LogP contribution in [0, 0.1) is 0 Å². The minimum Gasteiger partial charge on any atom is -0.480 e. The van der Waals surface area contributed by atoms with Gasteiger partial charge in [0.1, 0.15) is 11.8 Å². The molecule has 5 nitrogen and oxygen atoms in total. The highest BCUT2D eigenvalue weighted by molar-refractivity contribution is 5.94. The van der Waals surface area contributed by atoms with Gasteiger partial charge in [0.2, 0.25) is 5.91 Å². The van der Waals surface area contributed by atoms with E-state index in [0.717, 1.165) is 5.56 Å². The van der Waals surface area contributed by atoms with Crippen molar-refractivity contribution in [2.45, 2.75) is 12.5 Å². The summed E-state index contributed by atoms with van der Waals surface area (Å²) in [4.78, 5) is 23.0. The summed E-state index contributed by atoms with van der Waals surface area (Å²) in [5.41, 5.74) is 0.847. The van der Waals surface area contributed by atoms with E-state index < -0.39 is 17.9 Å². The van der Waals surface area contributed by atoms with Crippen molar-refractivity contribution in [1.29, 1.82) is 0 Å². The Bertz CT molecular complexity index is 617. The number of hydrogen-bond donors (Lipinski definition) is 2. The molecule has 2 aromatic rings. The summed E-state index contributed by atoms with van der Waals surface area (Å²) in [6.45, 7) is 0. The maximum atomic E-state index is 11.7. The van der Waals surface area contributed by atoms with Crippen LogP contribution in [0.4, 0.5) is 0 Å². The predicted octanol–water partition coefficient (Wildman–Crippen LogP) is 2.10. The standard InChI is InChI=1S/C16H15NO4/c18-15(9-8-13-7-4-10-21-13)17-14(16(19)20)11-12-5-2-1-3-6-12/h1-10,14H,11H2,(H,17,18)(H,19,20)/t14-/m0/s1. The number of carboxylic acids is 1. The molecule has 2 N–H and O–H groups in total. The molecule has 1 atom stereocenters. The molecule has 0 unspecified atom stereocenters. The van der Waals surface area contributed by atoms with Crippen molar-refractivity contribution in [3.63, 3.8) is 0 Å². The van der Waals surface area contributed by atoms with Gasteiger partial charge in [-0.2, -0.15) is 0 Å². The molecule has 21 heavy (non-hydrogen) atoms. The first-order valence-electron chi connectivity index (χ1n) is 6.44.